The molecule has 3 aromatic rings. The molecule has 1 aromatic carbocycles. The van der Waals surface area contributed by atoms with Gasteiger partial charge in [0.15, 0.2) is 11.5 Å². The van der Waals surface area contributed by atoms with Crippen molar-refractivity contribution in [3.05, 3.63) is 69.6 Å². The number of carbonyl (C=O) groups is 2. The normalized spacial score (nSPS) is 10.4. The van der Waals surface area contributed by atoms with Gasteiger partial charge in [0.1, 0.15) is 5.69 Å². The van der Waals surface area contributed by atoms with Gasteiger partial charge >= 0.3 is 6.18 Å². The highest BCUT2D eigenvalue weighted by atomic mass is 35.5. The number of nitrogens with one attached hydrogen (secondary N) is 2. The molecule has 0 bridgehead atoms. The summed E-state index contributed by atoms with van der Waals surface area (Å²) in [5.74, 6) is 3.41. The number of alkyl halides is 3. The van der Waals surface area contributed by atoms with Crippen molar-refractivity contribution in [3.63, 3.8) is 0 Å². The number of aryl methyl sites for hydroxylation is 2. The Labute approximate surface area is 206 Å². The maximum absolute atomic E-state index is 13.3. The topological polar surface area (TPSA) is 115 Å². The zero-order chi connectivity index (χ0) is 26.9. The first-order valence-corrected chi connectivity index (χ1v) is 11.1. The van der Waals surface area contributed by atoms with Gasteiger partial charge < -0.3 is 5.32 Å². The van der Waals surface area contributed by atoms with E-state index in [0.717, 1.165) is 5.56 Å². The molecular formula is C23H28ClF3N6O2. The van der Waals surface area contributed by atoms with E-state index in [0.29, 0.717) is 16.3 Å². The van der Waals surface area contributed by atoms with E-state index < -0.39 is 29.4 Å². The van der Waals surface area contributed by atoms with Crippen LogP contribution in [0.5, 0.6) is 0 Å². The first-order chi connectivity index (χ1) is 16.5. The lowest BCUT2D eigenvalue weighted by Crippen LogP contribution is -2.31. The third kappa shape index (κ3) is 7.03. The lowest BCUT2D eigenvalue weighted by Gasteiger charge is -2.15. The molecule has 12 heteroatoms. The van der Waals surface area contributed by atoms with Gasteiger partial charge in [-0.3, -0.25) is 15.0 Å². The maximum atomic E-state index is 13.3. The van der Waals surface area contributed by atoms with Crippen molar-refractivity contribution in [2.75, 3.05) is 5.32 Å². The van der Waals surface area contributed by atoms with Crippen LogP contribution in [0.3, 0.4) is 0 Å². The Bertz CT molecular complexity index is 1180. The zero-order valence-electron chi connectivity index (χ0n) is 20.2. The fourth-order valence-electron chi connectivity index (χ4n) is 2.94. The number of benzene rings is 1. The molecule has 8 nitrogen and oxygen atoms in total. The number of nitrogens with two attached hydrogens (primary N) is 1. The van der Waals surface area contributed by atoms with E-state index in [-0.39, 0.29) is 22.1 Å². The van der Waals surface area contributed by atoms with Gasteiger partial charge in [-0.2, -0.15) is 18.3 Å². The number of carbonyl (C=O) groups excluding carboxylic acids is 2. The SMILES string of the molecule is CC.CC.Cc1cc(C)c(NC(=O)c2cc(C(F)(F)F)nn2-c2ncccc2Cl)c(C(=O)NN)c1. The van der Waals surface area contributed by atoms with Crippen LogP contribution in [-0.4, -0.2) is 26.6 Å². The van der Waals surface area contributed by atoms with E-state index in [4.69, 9.17) is 17.4 Å². The number of hydrogen-bond acceptors (Lipinski definition) is 5. The Morgan fingerprint density at radius 1 is 1.06 bits per heavy atom. The molecule has 0 unspecified atom stereocenters. The number of nitrogens with zero attached hydrogens (tertiary/aromatic N) is 3. The van der Waals surface area contributed by atoms with Gasteiger partial charge in [-0.1, -0.05) is 45.4 Å². The molecule has 0 fully saturated rings. The minimum Gasteiger partial charge on any atom is -0.320 e. The van der Waals surface area contributed by atoms with E-state index in [9.17, 15) is 22.8 Å². The monoisotopic (exact) mass is 512 g/mol. The number of aromatic nitrogens is 3. The predicted molar refractivity (Wildman–Crippen MR) is 130 cm³/mol. The van der Waals surface area contributed by atoms with Crippen LogP contribution < -0.4 is 16.6 Å². The van der Waals surface area contributed by atoms with Gasteiger partial charge in [-0.05, 0) is 43.2 Å². The third-order valence-electron chi connectivity index (χ3n) is 4.27. The van der Waals surface area contributed by atoms with Crippen molar-refractivity contribution in [1.82, 2.24) is 20.2 Å². The Morgan fingerprint density at radius 3 is 2.23 bits per heavy atom. The Balaban J connectivity index is 0.00000145. The van der Waals surface area contributed by atoms with E-state index in [2.05, 4.69) is 15.4 Å². The fraction of sp³-hybridized carbons (Fsp3) is 0.304. The van der Waals surface area contributed by atoms with Gasteiger partial charge in [0, 0.05) is 12.3 Å². The first kappa shape index (κ1) is 29.6. The summed E-state index contributed by atoms with van der Waals surface area (Å²) in [4.78, 5) is 29.1. The molecule has 3 rings (SSSR count). The lowest BCUT2D eigenvalue weighted by atomic mass is 10.0. The highest BCUT2D eigenvalue weighted by molar-refractivity contribution is 6.32. The molecule has 0 aliphatic rings. The fourth-order valence-corrected chi connectivity index (χ4v) is 3.15. The Morgan fingerprint density at radius 2 is 1.69 bits per heavy atom. The predicted octanol–water partition coefficient (Wildman–Crippen LogP) is 5.46. The molecule has 190 valence electrons. The van der Waals surface area contributed by atoms with Crippen molar-refractivity contribution in [1.29, 1.82) is 0 Å². The molecule has 2 heterocycles. The summed E-state index contributed by atoms with van der Waals surface area (Å²) in [6, 6.07) is 6.63. The summed E-state index contributed by atoms with van der Waals surface area (Å²) in [5, 5.41) is 5.94. The minimum absolute atomic E-state index is 0.0110. The third-order valence-corrected chi connectivity index (χ3v) is 4.56. The quantitative estimate of drug-likeness (QED) is 0.244. The van der Waals surface area contributed by atoms with Crippen LogP contribution in [0.2, 0.25) is 5.02 Å². The van der Waals surface area contributed by atoms with E-state index in [1.807, 2.05) is 33.1 Å². The van der Waals surface area contributed by atoms with E-state index in [1.165, 1.54) is 24.4 Å². The minimum atomic E-state index is -4.81. The van der Waals surface area contributed by atoms with Gasteiger partial charge in [0.25, 0.3) is 11.8 Å². The summed E-state index contributed by atoms with van der Waals surface area (Å²) in [7, 11) is 0. The summed E-state index contributed by atoms with van der Waals surface area (Å²) in [5.41, 5.74) is 1.55. The smallest absolute Gasteiger partial charge is 0.320 e. The van der Waals surface area contributed by atoms with Crippen LogP contribution >= 0.6 is 11.6 Å². The van der Waals surface area contributed by atoms with Crippen LogP contribution in [-0.2, 0) is 6.18 Å². The largest absolute Gasteiger partial charge is 0.435 e. The molecule has 0 radical (unpaired) electrons. The van der Waals surface area contributed by atoms with E-state index in [1.54, 1.807) is 19.9 Å². The molecule has 4 N–H and O–H groups in total. The second-order valence-electron chi connectivity index (χ2n) is 6.57. The summed E-state index contributed by atoms with van der Waals surface area (Å²) >= 11 is 6.04. The van der Waals surface area contributed by atoms with Crippen LogP contribution in [0.4, 0.5) is 18.9 Å². The molecule has 35 heavy (non-hydrogen) atoms. The average Bonchev–Trinajstić information content (AvgIpc) is 3.29. The van der Waals surface area contributed by atoms with Crippen molar-refractivity contribution >= 4 is 29.1 Å². The van der Waals surface area contributed by atoms with Gasteiger partial charge in [-0.15, -0.1) is 0 Å². The molecule has 0 atom stereocenters. The molecule has 2 amide bonds. The highest BCUT2D eigenvalue weighted by Gasteiger charge is 2.36. The maximum Gasteiger partial charge on any atom is 0.435 e. The first-order valence-electron chi connectivity index (χ1n) is 10.7. The average molecular weight is 513 g/mol. The van der Waals surface area contributed by atoms with Crippen molar-refractivity contribution in [2.45, 2.75) is 47.7 Å². The lowest BCUT2D eigenvalue weighted by molar-refractivity contribution is -0.141. The highest BCUT2D eigenvalue weighted by Crippen LogP contribution is 2.31. The standard InChI is InChI=1S/C19H16ClF3N6O2.2C2H6/c1-9-6-10(2)15(11(7-9)17(30)27-24)26-18(31)13-8-14(19(21,22)23)28-29(13)16-12(20)4-3-5-25-16;2*1-2/h3-8H,24H2,1-2H3,(H,26,31)(H,27,30);2*1-2H3. The van der Waals surface area contributed by atoms with Crippen LogP contribution in [0.25, 0.3) is 5.82 Å². The number of anilines is 1. The molecule has 0 spiro atoms. The van der Waals surface area contributed by atoms with Gasteiger partial charge in [0.05, 0.1) is 16.3 Å². The number of nitrogen functional groups attached to an aromatic ring is 1. The Hall–Kier alpha value is -3.44. The summed E-state index contributed by atoms with van der Waals surface area (Å²) in [6.07, 6.45) is -3.52. The number of halogens is 4. The number of rotatable bonds is 4. The van der Waals surface area contributed by atoms with Gasteiger partial charge in [-0.25, -0.2) is 15.5 Å². The van der Waals surface area contributed by atoms with Crippen LogP contribution in [0.1, 0.15) is 65.4 Å². The number of hydrazine groups is 1. The number of hydrogen-bond donors (Lipinski definition) is 3. The van der Waals surface area contributed by atoms with Crippen molar-refractivity contribution in [2.24, 2.45) is 5.84 Å². The number of amides is 2. The molecule has 2 aromatic heterocycles. The van der Waals surface area contributed by atoms with Crippen molar-refractivity contribution < 1.29 is 22.8 Å². The van der Waals surface area contributed by atoms with Crippen LogP contribution in [0.15, 0.2) is 36.5 Å². The summed E-state index contributed by atoms with van der Waals surface area (Å²) in [6.45, 7) is 11.4. The molecular weight excluding hydrogens is 485 g/mol. The van der Waals surface area contributed by atoms with Crippen LogP contribution in [0, 0.1) is 13.8 Å². The second-order valence-corrected chi connectivity index (χ2v) is 6.97. The molecule has 0 aliphatic heterocycles. The molecule has 0 saturated heterocycles. The Kier molecular flexibility index (Phi) is 10.9. The second kappa shape index (κ2) is 12.9. The van der Waals surface area contributed by atoms with Crippen molar-refractivity contribution in [3.8, 4) is 5.82 Å². The number of pyridine rings is 1. The molecule has 0 aliphatic carbocycles. The molecule has 0 saturated carbocycles. The summed E-state index contributed by atoms with van der Waals surface area (Å²) < 4.78 is 40.6. The van der Waals surface area contributed by atoms with E-state index >= 15 is 0 Å². The zero-order valence-corrected chi connectivity index (χ0v) is 21.0. The van der Waals surface area contributed by atoms with Gasteiger partial charge in [0.2, 0.25) is 0 Å².